The molecule has 0 saturated heterocycles. The summed E-state index contributed by atoms with van der Waals surface area (Å²) in [5.74, 6) is 0. The Balaban J connectivity index is 2.63. The molecule has 2 amide bonds. The van der Waals surface area contributed by atoms with E-state index in [4.69, 9.17) is 39.5 Å². The van der Waals surface area contributed by atoms with E-state index in [1.807, 2.05) is 30.3 Å². The van der Waals surface area contributed by atoms with Gasteiger partial charge >= 0.3 is 6.03 Å². The van der Waals surface area contributed by atoms with Crippen molar-refractivity contribution in [1.29, 1.82) is 0 Å². The Labute approximate surface area is 127 Å². The molecular formula is C12H15Cl3N2O2. The number of halogens is 3. The maximum Gasteiger partial charge on any atom is 0.319 e. The van der Waals surface area contributed by atoms with Crippen molar-refractivity contribution < 1.29 is 9.53 Å². The molecule has 0 aliphatic rings. The van der Waals surface area contributed by atoms with E-state index in [-0.39, 0.29) is 6.61 Å². The molecule has 0 bridgehead atoms. The molecule has 1 aromatic carbocycles. The minimum atomic E-state index is -1.75. The van der Waals surface area contributed by atoms with Crippen LogP contribution >= 0.6 is 34.8 Å². The van der Waals surface area contributed by atoms with Gasteiger partial charge in [0, 0.05) is 14.1 Å². The number of benzene rings is 1. The third-order valence-electron chi connectivity index (χ3n) is 2.22. The summed E-state index contributed by atoms with van der Waals surface area (Å²) in [6, 6.07) is 9.00. The van der Waals surface area contributed by atoms with Crippen LogP contribution in [0.4, 0.5) is 4.79 Å². The molecule has 0 aromatic heterocycles. The van der Waals surface area contributed by atoms with E-state index >= 15 is 0 Å². The van der Waals surface area contributed by atoms with Crippen LogP contribution in [-0.4, -0.2) is 35.0 Å². The summed E-state index contributed by atoms with van der Waals surface area (Å²) in [6.45, 7) is 0.229. The third-order valence-corrected chi connectivity index (χ3v) is 2.81. The topological polar surface area (TPSA) is 41.6 Å². The average Bonchev–Trinajstić information content (AvgIpc) is 2.33. The summed E-state index contributed by atoms with van der Waals surface area (Å²) in [6.07, 6.45) is -1.03. The molecule has 0 radical (unpaired) electrons. The molecule has 0 aliphatic carbocycles. The van der Waals surface area contributed by atoms with Crippen LogP contribution in [0.3, 0.4) is 0 Å². The smallest absolute Gasteiger partial charge is 0.319 e. The number of urea groups is 1. The number of carbonyl (C=O) groups excluding carboxylic acids is 1. The second kappa shape index (κ2) is 7.20. The summed E-state index contributed by atoms with van der Waals surface area (Å²) in [5, 5.41) is 2.50. The third kappa shape index (κ3) is 5.87. The minimum Gasteiger partial charge on any atom is -0.349 e. The molecule has 0 fully saturated rings. The first-order valence-electron chi connectivity index (χ1n) is 5.51. The van der Waals surface area contributed by atoms with Gasteiger partial charge in [-0.15, -0.1) is 0 Å². The Morgan fingerprint density at radius 2 is 1.89 bits per heavy atom. The predicted octanol–water partition coefficient (Wildman–Crippen LogP) is 3.17. The van der Waals surface area contributed by atoms with Crippen molar-refractivity contribution in [3.8, 4) is 0 Å². The van der Waals surface area contributed by atoms with E-state index in [9.17, 15) is 4.79 Å². The number of carbonyl (C=O) groups is 1. The number of amides is 2. The van der Waals surface area contributed by atoms with Gasteiger partial charge in [-0.05, 0) is 5.56 Å². The van der Waals surface area contributed by atoms with E-state index in [0.717, 1.165) is 5.56 Å². The normalized spacial score (nSPS) is 12.9. The first-order valence-corrected chi connectivity index (χ1v) is 6.64. The van der Waals surface area contributed by atoms with Crippen LogP contribution in [0.25, 0.3) is 0 Å². The lowest BCUT2D eigenvalue weighted by atomic mass is 10.2. The van der Waals surface area contributed by atoms with E-state index in [2.05, 4.69) is 5.32 Å². The lowest BCUT2D eigenvalue weighted by Gasteiger charge is -2.27. The zero-order valence-corrected chi connectivity index (χ0v) is 12.8. The quantitative estimate of drug-likeness (QED) is 0.682. The van der Waals surface area contributed by atoms with Gasteiger partial charge < -0.3 is 15.0 Å². The molecule has 1 unspecified atom stereocenters. The summed E-state index contributed by atoms with van der Waals surface area (Å²) in [4.78, 5) is 12.9. The molecule has 0 heterocycles. The maximum atomic E-state index is 11.6. The standard InChI is InChI=1S/C12H15Cl3N2O2/c1-17(2)11(18)16-10(12(13,14)15)19-8-9-6-4-3-5-7-9/h3-7,10H,8H2,1-2H3,(H,16,18). The molecule has 0 spiro atoms. The number of ether oxygens (including phenoxy) is 1. The van der Waals surface area contributed by atoms with Gasteiger partial charge in [-0.3, -0.25) is 0 Å². The molecular weight excluding hydrogens is 311 g/mol. The van der Waals surface area contributed by atoms with E-state index in [1.165, 1.54) is 4.90 Å². The molecule has 1 N–H and O–H groups in total. The Kier molecular flexibility index (Phi) is 6.20. The van der Waals surface area contributed by atoms with E-state index in [0.29, 0.717) is 0 Å². The molecule has 19 heavy (non-hydrogen) atoms. The second-order valence-electron chi connectivity index (χ2n) is 4.06. The van der Waals surface area contributed by atoms with Gasteiger partial charge in [-0.25, -0.2) is 4.79 Å². The zero-order valence-electron chi connectivity index (χ0n) is 10.6. The van der Waals surface area contributed by atoms with E-state index < -0.39 is 16.1 Å². The highest BCUT2D eigenvalue weighted by Gasteiger charge is 2.35. The van der Waals surface area contributed by atoms with Gasteiger partial charge in [0.2, 0.25) is 3.79 Å². The lowest BCUT2D eigenvalue weighted by Crippen LogP contribution is -2.49. The molecule has 1 rings (SSSR count). The van der Waals surface area contributed by atoms with Crippen molar-refractivity contribution >= 4 is 40.8 Å². The largest absolute Gasteiger partial charge is 0.349 e. The Morgan fingerprint density at radius 1 is 1.32 bits per heavy atom. The maximum absolute atomic E-state index is 11.6. The predicted molar refractivity (Wildman–Crippen MR) is 77.5 cm³/mol. The van der Waals surface area contributed by atoms with Crippen molar-refractivity contribution in [2.75, 3.05) is 14.1 Å². The summed E-state index contributed by atoms with van der Waals surface area (Å²) < 4.78 is 3.71. The molecule has 106 valence electrons. The van der Waals surface area contributed by atoms with Gasteiger partial charge in [0.25, 0.3) is 0 Å². The van der Waals surface area contributed by atoms with Gasteiger partial charge in [0.15, 0.2) is 6.23 Å². The monoisotopic (exact) mass is 324 g/mol. The zero-order chi connectivity index (χ0) is 14.5. The van der Waals surface area contributed by atoms with Crippen LogP contribution in [0.2, 0.25) is 0 Å². The van der Waals surface area contributed by atoms with Gasteiger partial charge in [0.05, 0.1) is 6.61 Å². The van der Waals surface area contributed by atoms with Gasteiger partial charge in [-0.2, -0.15) is 0 Å². The number of hydrogen-bond acceptors (Lipinski definition) is 2. The molecule has 1 aromatic rings. The van der Waals surface area contributed by atoms with Crippen molar-refractivity contribution in [2.24, 2.45) is 0 Å². The van der Waals surface area contributed by atoms with Gasteiger partial charge in [0.1, 0.15) is 0 Å². The first-order chi connectivity index (χ1) is 8.80. The van der Waals surface area contributed by atoms with Crippen LogP contribution in [-0.2, 0) is 11.3 Å². The fraction of sp³-hybridized carbons (Fsp3) is 0.417. The van der Waals surface area contributed by atoms with Crippen molar-refractivity contribution in [3.63, 3.8) is 0 Å². The second-order valence-corrected chi connectivity index (χ2v) is 6.43. The van der Waals surface area contributed by atoms with Crippen LogP contribution < -0.4 is 5.32 Å². The fourth-order valence-corrected chi connectivity index (χ4v) is 1.57. The van der Waals surface area contributed by atoms with Crippen molar-refractivity contribution in [1.82, 2.24) is 10.2 Å². The molecule has 0 saturated carbocycles. The fourth-order valence-electron chi connectivity index (χ4n) is 1.21. The molecule has 0 aliphatic heterocycles. The first kappa shape index (κ1) is 16.4. The Hall–Kier alpha value is -0.680. The molecule has 1 atom stereocenters. The van der Waals surface area contributed by atoms with E-state index in [1.54, 1.807) is 14.1 Å². The SMILES string of the molecule is CN(C)C(=O)NC(OCc1ccccc1)C(Cl)(Cl)Cl. The highest BCUT2D eigenvalue weighted by atomic mass is 35.6. The highest BCUT2D eigenvalue weighted by molar-refractivity contribution is 6.68. The molecule has 7 heteroatoms. The van der Waals surface area contributed by atoms with Gasteiger partial charge in [-0.1, -0.05) is 65.1 Å². The van der Waals surface area contributed by atoms with Crippen LogP contribution in [0.15, 0.2) is 30.3 Å². The summed E-state index contributed by atoms with van der Waals surface area (Å²) >= 11 is 17.4. The van der Waals surface area contributed by atoms with Crippen molar-refractivity contribution in [3.05, 3.63) is 35.9 Å². The lowest BCUT2D eigenvalue weighted by molar-refractivity contribution is 0.0253. The summed E-state index contributed by atoms with van der Waals surface area (Å²) in [7, 11) is 3.17. The number of hydrogen-bond donors (Lipinski definition) is 1. The number of nitrogens with zero attached hydrogens (tertiary/aromatic N) is 1. The Bertz CT molecular complexity index is 407. The van der Waals surface area contributed by atoms with Crippen LogP contribution in [0.1, 0.15) is 5.56 Å². The Morgan fingerprint density at radius 3 is 2.37 bits per heavy atom. The average molecular weight is 326 g/mol. The number of rotatable bonds is 4. The molecule has 4 nitrogen and oxygen atoms in total. The number of nitrogens with one attached hydrogen (secondary N) is 1. The number of alkyl halides is 3. The van der Waals surface area contributed by atoms with Crippen LogP contribution in [0, 0.1) is 0 Å². The highest BCUT2D eigenvalue weighted by Crippen LogP contribution is 2.31. The van der Waals surface area contributed by atoms with Crippen LogP contribution in [0.5, 0.6) is 0 Å². The minimum absolute atomic E-state index is 0.229. The van der Waals surface area contributed by atoms with Crippen molar-refractivity contribution in [2.45, 2.75) is 16.6 Å². The summed E-state index contributed by atoms with van der Waals surface area (Å²) in [5.41, 5.74) is 0.917.